The van der Waals surface area contributed by atoms with Crippen LogP contribution in [-0.4, -0.2) is 40.4 Å². The van der Waals surface area contributed by atoms with Gasteiger partial charge in [0.15, 0.2) is 0 Å². The van der Waals surface area contributed by atoms with Crippen molar-refractivity contribution in [1.29, 1.82) is 0 Å². The van der Waals surface area contributed by atoms with Crippen molar-refractivity contribution in [2.45, 2.75) is 13.3 Å². The van der Waals surface area contributed by atoms with E-state index in [1.165, 1.54) is 5.56 Å². The molecule has 0 fully saturated rings. The molecule has 0 aliphatic carbocycles. The minimum absolute atomic E-state index is 0.829. The van der Waals surface area contributed by atoms with Crippen molar-refractivity contribution in [2.75, 3.05) is 40.4 Å². The fraction of sp³-hybridized carbons (Fsp3) is 0.571. The molecule has 4 nitrogen and oxygen atoms in total. The Bertz CT molecular complexity index is 343. The number of nitrogens with one attached hydrogen (secondary N) is 2. The van der Waals surface area contributed by atoms with Gasteiger partial charge in [-0.3, -0.25) is 0 Å². The summed E-state index contributed by atoms with van der Waals surface area (Å²) in [6.45, 7) is 6.09. The molecule has 102 valence electrons. The molecule has 0 saturated carbocycles. The Morgan fingerprint density at radius 2 is 1.78 bits per heavy atom. The predicted octanol–water partition coefficient (Wildman–Crippen LogP) is 1.45. The third kappa shape index (κ3) is 4.94. The molecule has 0 unspecified atom stereocenters. The number of likely N-dealkylation sites (N-methyl/N-ethyl adjacent to an activating group) is 1. The van der Waals surface area contributed by atoms with Crippen molar-refractivity contribution in [3.8, 4) is 11.5 Å². The predicted molar refractivity (Wildman–Crippen MR) is 74.7 cm³/mol. The summed E-state index contributed by atoms with van der Waals surface area (Å²) < 4.78 is 10.5. The van der Waals surface area contributed by atoms with Crippen LogP contribution in [0.4, 0.5) is 0 Å². The first-order chi connectivity index (χ1) is 8.81. The lowest BCUT2D eigenvalue weighted by atomic mass is 10.1. The lowest BCUT2D eigenvalue weighted by Gasteiger charge is -2.11. The smallest absolute Gasteiger partial charge is 0.125 e. The van der Waals surface area contributed by atoms with E-state index >= 15 is 0 Å². The molecule has 2 N–H and O–H groups in total. The molecule has 0 aromatic heterocycles. The monoisotopic (exact) mass is 252 g/mol. The van der Waals surface area contributed by atoms with E-state index < -0.39 is 0 Å². The molecule has 0 radical (unpaired) electrons. The molecule has 0 saturated heterocycles. The van der Waals surface area contributed by atoms with Crippen LogP contribution in [0.2, 0.25) is 0 Å². The summed E-state index contributed by atoms with van der Waals surface area (Å²) in [4.78, 5) is 0. The summed E-state index contributed by atoms with van der Waals surface area (Å²) >= 11 is 0. The molecule has 1 aromatic rings. The second-order valence-electron chi connectivity index (χ2n) is 4.03. The first-order valence-corrected chi connectivity index (χ1v) is 6.44. The van der Waals surface area contributed by atoms with Gasteiger partial charge in [-0.05, 0) is 31.1 Å². The van der Waals surface area contributed by atoms with E-state index in [0.29, 0.717) is 0 Å². The van der Waals surface area contributed by atoms with Crippen molar-refractivity contribution in [1.82, 2.24) is 10.6 Å². The van der Waals surface area contributed by atoms with Crippen molar-refractivity contribution < 1.29 is 9.47 Å². The molecular formula is C14H24N2O2. The molecular weight excluding hydrogens is 228 g/mol. The first kappa shape index (κ1) is 14.8. The molecule has 0 heterocycles. The van der Waals surface area contributed by atoms with Gasteiger partial charge >= 0.3 is 0 Å². The van der Waals surface area contributed by atoms with Crippen molar-refractivity contribution in [3.05, 3.63) is 23.8 Å². The van der Waals surface area contributed by atoms with E-state index in [1.807, 2.05) is 12.1 Å². The van der Waals surface area contributed by atoms with Gasteiger partial charge in [0.1, 0.15) is 11.5 Å². The van der Waals surface area contributed by atoms with Gasteiger partial charge in [0.05, 0.1) is 14.2 Å². The molecule has 0 aliphatic rings. The number of ether oxygens (including phenoxy) is 2. The van der Waals surface area contributed by atoms with Crippen LogP contribution in [0.25, 0.3) is 0 Å². The summed E-state index contributed by atoms with van der Waals surface area (Å²) in [5.41, 5.74) is 1.20. The molecule has 1 aromatic carbocycles. The van der Waals surface area contributed by atoms with Gasteiger partial charge in [0.2, 0.25) is 0 Å². The number of hydrogen-bond acceptors (Lipinski definition) is 4. The van der Waals surface area contributed by atoms with Gasteiger partial charge in [-0.1, -0.05) is 13.0 Å². The van der Waals surface area contributed by atoms with Gasteiger partial charge in [0.25, 0.3) is 0 Å². The first-order valence-electron chi connectivity index (χ1n) is 6.44. The summed E-state index contributed by atoms with van der Waals surface area (Å²) in [5, 5.41) is 6.68. The maximum atomic E-state index is 5.36. The average Bonchev–Trinajstić information content (AvgIpc) is 2.42. The van der Waals surface area contributed by atoms with Crippen LogP contribution in [0, 0.1) is 0 Å². The lowest BCUT2D eigenvalue weighted by molar-refractivity contribution is 0.390. The van der Waals surface area contributed by atoms with Crippen LogP contribution in [0.15, 0.2) is 18.2 Å². The maximum absolute atomic E-state index is 5.36. The van der Waals surface area contributed by atoms with Crippen molar-refractivity contribution in [2.24, 2.45) is 0 Å². The van der Waals surface area contributed by atoms with E-state index in [4.69, 9.17) is 9.47 Å². The molecule has 0 atom stereocenters. The molecule has 0 spiro atoms. The fourth-order valence-electron chi connectivity index (χ4n) is 1.76. The summed E-state index contributed by atoms with van der Waals surface area (Å²) in [7, 11) is 3.35. The summed E-state index contributed by atoms with van der Waals surface area (Å²) in [6, 6.07) is 5.95. The van der Waals surface area contributed by atoms with E-state index in [2.05, 4.69) is 23.6 Å². The highest BCUT2D eigenvalue weighted by Crippen LogP contribution is 2.24. The van der Waals surface area contributed by atoms with E-state index in [1.54, 1.807) is 14.2 Å². The highest BCUT2D eigenvalue weighted by Gasteiger charge is 2.04. The molecule has 4 heteroatoms. The molecule has 18 heavy (non-hydrogen) atoms. The highest BCUT2D eigenvalue weighted by atomic mass is 16.5. The largest absolute Gasteiger partial charge is 0.497 e. The van der Waals surface area contributed by atoms with Crippen molar-refractivity contribution >= 4 is 0 Å². The van der Waals surface area contributed by atoms with Gasteiger partial charge in [-0.25, -0.2) is 0 Å². The fourth-order valence-corrected chi connectivity index (χ4v) is 1.76. The minimum Gasteiger partial charge on any atom is -0.497 e. The van der Waals surface area contributed by atoms with E-state index in [9.17, 15) is 0 Å². The number of hydrogen-bond donors (Lipinski definition) is 2. The molecule has 0 amide bonds. The van der Waals surface area contributed by atoms with Gasteiger partial charge < -0.3 is 20.1 Å². The van der Waals surface area contributed by atoms with Crippen LogP contribution < -0.4 is 20.1 Å². The second-order valence-corrected chi connectivity index (χ2v) is 4.03. The topological polar surface area (TPSA) is 42.5 Å². The standard InChI is InChI=1S/C14H24N2O2/c1-4-15-9-10-16-8-7-12-5-6-13(17-2)11-14(12)18-3/h5-6,11,15-16H,4,7-10H2,1-3H3. The molecule has 1 rings (SSSR count). The number of benzene rings is 1. The Kier molecular flexibility index (Phi) is 7.22. The number of rotatable bonds is 9. The van der Waals surface area contributed by atoms with Crippen LogP contribution >= 0.6 is 0 Å². The Hall–Kier alpha value is -1.26. The Balaban J connectivity index is 2.37. The third-order valence-electron chi connectivity index (χ3n) is 2.79. The molecule has 0 bridgehead atoms. The van der Waals surface area contributed by atoms with Crippen LogP contribution in [0.1, 0.15) is 12.5 Å². The van der Waals surface area contributed by atoms with E-state index in [0.717, 1.165) is 44.1 Å². The van der Waals surface area contributed by atoms with Gasteiger partial charge in [-0.15, -0.1) is 0 Å². The highest BCUT2D eigenvalue weighted by molar-refractivity contribution is 5.40. The minimum atomic E-state index is 0.829. The van der Waals surface area contributed by atoms with E-state index in [-0.39, 0.29) is 0 Å². The normalized spacial score (nSPS) is 10.4. The zero-order valence-corrected chi connectivity index (χ0v) is 11.6. The van der Waals surface area contributed by atoms with Gasteiger partial charge in [-0.2, -0.15) is 0 Å². The maximum Gasteiger partial charge on any atom is 0.125 e. The third-order valence-corrected chi connectivity index (χ3v) is 2.79. The average molecular weight is 252 g/mol. The molecule has 0 aliphatic heterocycles. The second kappa shape index (κ2) is 8.78. The Morgan fingerprint density at radius 1 is 1.00 bits per heavy atom. The van der Waals surface area contributed by atoms with Crippen LogP contribution in [0.3, 0.4) is 0 Å². The summed E-state index contributed by atoms with van der Waals surface area (Å²) in [5.74, 6) is 1.72. The van der Waals surface area contributed by atoms with Crippen molar-refractivity contribution in [3.63, 3.8) is 0 Å². The Morgan fingerprint density at radius 3 is 2.44 bits per heavy atom. The lowest BCUT2D eigenvalue weighted by Crippen LogP contribution is -2.28. The van der Waals surface area contributed by atoms with Gasteiger partial charge in [0, 0.05) is 19.2 Å². The zero-order valence-electron chi connectivity index (χ0n) is 11.6. The SMILES string of the molecule is CCNCCNCCc1ccc(OC)cc1OC. The van der Waals surface area contributed by atoms with Crippen LogP contribution in [-0.2, 0) is 6.42 Å². The zero-order chi connectivity index (χ0) is 13.2. The quantitative estimate of drug-likeness (QED) is 0.653. The van der Waals surface area contributed by atoms with Crippen LogP contribution in [0.5, 0.6) is 11.5 Å². The Labute approximate surface area is 110 Å². The summed E-state index contributed by atoms with van der Waals surface area (Å²) in [6.07, 6.45) is 0.958. The number of methoxy groups -OCH3 is 2.